The van der Waals surface area contributed by atoms with Crippen LogP contribution in [0.2, 0.25) is 0 Å². The molecule has 3 aliphatic rings. The minimum Gasteiger partial charge on any atom is -0.457 e. The Morgan fingerprint density at radius 3 is 1.80 bits per heavy atom. The normalized spacial score (nSPS) is 21.3. The molecular formula is C64H54N4O. The van der Waals surface area contributed by atoms with Gasteiger partial charge in [-0.2, -0.15) is 0 Å². The lowest BCUT2D eigenvalue weighted by molar-refractivity contribution is 0.478. The smallest absolute Gasteiger partial charge is 0.137 e. The van der Waals surface area contributed by atoms with Gasteiger partial charge in [-0.1, -0.05) is 172 Å². The van der Waals surface area contributed by atoms with Gasteiger partial charge in [-0.3, -0.25) is 4.57 Å². The summed E-state index contributed by atoms with van der Waals surface area (Å²) in [5, 5.41) is 1.90. The highest BCUT2D eigenvalue weighted by Gasteiger charge is 2.59. The van der Waals surface area contributed by atoms with Crippen LogP contribution in [0.5, 0.6) is 11.5 Å². The van der Waals surface area contributed by atoms with Gasteiger partial charge in [0.1, 0.15) is 17.3 Å². The number of para-hydroxylation sites is 2. The highest BCUT2D eigenvalue weighted by atomic mass is 16.5. The van der Waals surface area contributed by atoms with E-state index >= 15 is 0 Å². The molecule has 3 heterocycles. The lowest BCUT2D eigenvalue weighted by Gasteiger charge is -2.36. The number of fused-ring (bicyclic) bond motifs is 11. The number of rotatable bonds is 8. The van der Waals surface area contributed by atoms with E-state index in [0.29, 0.717) is 34.1 Å². The van der Waals surface area contributed by atoms with E-state index in [2.05, 4.69) is 54.8 Å². The molecular weight excluding hydrogens is 841 g/mol. The van der Waals surface area contributed by atoms with E-state index in [0.717, 1.165) is 39.5 Å². The minimum atomic E-state index is -0.553. The molecule has 0 spiro atoms. The Labute approximate surface area is 426 Å². The maximum absolute atomic E-state index is 9.29. The van der Waals surface area contributed by atoms with E-state index in [9.17, 15) is 5.48 Å². The van der Waals surface area contributed by atoms with Gasteiger partial charge in [-0.15, -0.1) is 0 Å². The van der Waals surface area contributed by atoms with E-state index in [1.54, 1.807) is 24.4 Å². The van der Waals surface area contributed by atoms with Crippen LogP contribution in [-0.4, -0.2) is 28.3 Å². The Balaban J connectivity index is 0.970. The van der Waals surface area contributed by atoms with Gasteiger partial charge in [-0.25, -0.2) is 4.98 Å². The van der Waals surface area contributed by atoms with Crippen molar-refractivity contribution in [3.05, 3.63) is 228 Å². The van der Waals surface area contributed by atoms with E-state index in [1.165, 1.54) is 11.1 Å². The van der Waals surface area contributed by atoms with Crippen LogP contribution in [0, 0.1) is 6.92 Å². The highest BCUT2D eigenvalue weighted by Crippen LogP contribution is 2.61. The van der Waals surface area contributed by atoms with Crippen molar-refractivity contribution in [1.29, 1.82) is 0 Å². The summed E-state index contributed by atoms with van der Waals surface area (Å²) in [6.07, 6.45) is 2.34. The number of pyridine rings is 1. The Kier molecular flexibility index (Phi) is 6.65. The first kappa shape index (κ1) is 28.4. The Morgan fingerprint density at radius 2 is 1.16 bits per heavy atom. The fourth-order valence-electron chi connectivity index (χ4n) is 11.4. The summed E-state index contributed by atoms with van der Waals surface area (Å²) in [6.45, 7) is 8.42. The lowest BCUT2D eigenvalue weighted by atomic mass is 9.83. The van der Waals surface area contributed by atoms with Crippen LogP contribution in [0.4, 0.5) is 11.4 Å². The molecule has 5 nitrogen and oxygen atoms in total. The Bertz CT molecular complexity index is 4320. The molecule has 336 valence electrons. The molecule has 5 heteroatoms. The number of anilines is 2. The Morgan fingerprint density at radius 1 is 0.565 bits per heavy atom. The lowest BCUT2D eigenvalue weighted by Crippen LogP contribution is -2.41. The van der Waals surface area contributed by atoms with E-state index in [4.69, 9.17) is 24.8 Å². The molecule has 2 unspecified atom stereocenters. The minimum absolute atomic E-state index is 0.0220. The molecule has 13 rings (SSSR count). The van der Waals surface area contributed by atoms with Crippen LogP contribution in [0.25, 0.3) is 61.0 Å². The molecule has 2 aromatic heterocycles. The van der Waals surface area contributed by atoms with Crippen molar-refractivity contribution in [1.82, 2.24) is 9.55 Å². The first-order chi connectivity index (χ1) is 40.0. The molecule has 4 atom stereocenters. The second kappa shape index (κ2) is 16.1. The van der Waals surface area contributed by atoms with Gasteiger partial charge in [0, 0.05) is 63.3 Å². The summed E-state index contributed by atoms with van der Waals surface area (Å²) in [5.74, 6) is 1.60. The molecule has 2 bridgehead atoms. The molecule has 10 aromatic rings. The molecule has 0 radical (unpaired) electrons. The van der Waals surface area contributed by atoms with Crippen LogP contribution in [-0.2, 0) is 5.41 Å². The third-order valence-electron chi connectivity index (χ3n) is 14.4. The molecule has 1 aliphatic heterocycles. The van der Waals surface area contributed by atoms with Crippen molar-refractivity contribution in [3.8, 4) is 50.7 Å². The van der Waals surface area contributed by atoms with Gasteiger partial charge in [-0.05, 0) is 94.1 Å². The first-order valence-electron chi connectivity index (χ1n) is 30.8. The zero-order chi connectivity index (χ0) is 59.4. The molecule has 2 fully saturated rings. The molecule has 1 saturated carbocycles. The van der Waals surface area contributed by atoms with Gasteiger partial charge in [0.05, 0.1) is 56.0 Å². The average molecular weight is 910 g/mol. The number of benzene rings is 8. The fourth-order valence-corrected chi connectivity index (χ4v) is 11.4. The SMILES string of the molecule is [2H]c1c([2H])c([2H])c(-c2cnc(-n3c4ccccc4c4ccc(Oc5cc(N6CN(c7c(-c8c([2H])c([2H])c([2H])c([2H])c8[2H])cccc7-c7c([2H])c([2H])c([2H])c([2H])c7[2H])C7C6[C@@H]6C[C@H]7c7ccccc76)cc(C(C)(C)C)c5)cc43)cc2C)c([2H])c1[2H]. The van der Waals surface area contributed by atoms with Crippen LogP contribution in [0.15, 0.2) is 206 Å². The van der Waals surface area contributed by atoms with Crippen molar-refractivity contribution in [2.75, 3.05) is 16.5 Å². The molecule has 0 N–H and O–H groups in total. The summed E-state index contributed by atoms with van der Waals surface area (Å²) < 4.78 is 141. The predicted molar refractivity (Wildman–Crippen MR) is 285 cm³/mol. The molecule has 2 aliphatic carbocycles. The third kappa shape index (κ3) is 6.85. The monoisotopic (exact) mass is 910 g/mol. The van der Waals surface area contributed by atoms with Gasteiger partial charge < -0.3 is 14.5 Å². The second-order valence-electron chi connectivity index (χ2n) is 19.3. The average Bonchev–Trinajstić information content (AvgIpc) is 1.82. The van der Waals surface area contributed by atoms with Gasteiger partial charge in [0.2, 0.25) is 0 Å². The molecule has 8 aromatic carbocycles. The van der Waals surface area contributed by atoms with Crippen LogP contribution >= 0.6 is 0 Å². The summed E-state index contributed by atoms with van der Waals surface area (Å²) in [5.41, 5.74) is 7.41. The van der Waals surface area contributed by atoms with Gasteiger partial charge in [0.25, 0.3) is 0 Å². The molecule has 1 saturated heterocycles. The van der Waals surface area contributed by atoms with Crippen molar-refractivity contribution < 1.29 is 25.3 Å². The molecule has 69 heavy (non-hydrogen) atoms. The standard InChI is InChI=1S/C64H54N4O/c1-41-33-60(65-39-57(41)44-23-12-7-13-24-44)68-58-30-17-16-27-53(58)54-32-31-47(37-59(54)68)69-48-35-45(64(2,3)4)34-46(36-48)66-40-67(63-56-38-55(62(63)66)51-25-14-15-26-52(51)56)61-49(42-19-8-5-9-20-42)28-18-29-50(61)43-21-10-6-11-22-43/h5-37,39,55-56,62-63H,38,40H2,1-4H3/t55-,56+,62?,63?/m1/s1/i5D,6D,7D,8D,9D,10D,11D,12D,13D,19D,20D,21D,22D,23D,24D. The first-order valence-corrected chi connectivity index (χ1v) is 23.3. The van der Waals surface area contributed by atoms with Crippen LogP contribution < -0.4 is 14.5 Å². The van der Waals surface area contributed by atoms with E-state index < -0.39 is 84.0 Å². The number of aryl methyl sites for hydroxylation is 1. The summed E-state index contributed by atoms with van der Waals surface area (Å²) in [6, 6.07) is 28.0. The zero-order valence-corrected chi connectivity index (χ0v) is 38.4. The maximum atomic E-state index is 9.29. The van der Waals surface area contributed by atoms with Crippen LogP contribution in [0.1, 0.15) is 81.8 Å². The van der Waals surface area contributed by atoms with E-state index in [1.807, 2.05) is 78.2 Å². The van der Waals surface area contributed by atoms with Crippen molar-refractivity contribution in [2.24, 2.45) is 0 Å². The topological polar surface area (TPSA) is 33.5 Å². The summed E-state index contributed by atoms with van der Waals surface area (Å²) >= 11 is 0. The summed E-state index contributed by atoms with van der Waals surface area (Å²) in [4.78, 5) is 9.42. The number of aromatic nitrogens is 2. The van der Waals surface area contributed by atoms with Crippen molar-refractivity contribution in [2.45, 2.75) is 63.5 Å². The van der Waals surface area contributed by atoms with Crippen LogP contribution in [0.3, 0.4) is 0 Å². The Hall–Kier alpha value is -7.89. The third-order valence-corrected chi connectivity index (χ3v) is 14.4. The highest BCUT2D eigenvalue weighted by molar-refractivity contribution is 6.09. The summed E-state index contributed by atoms with van der Waals surface area (Å²) in [7, 11) is 0. The maximum Gasteiger partial charge on any atom is 0.137 e. The number of ether oxygens (including phenoxy) is 1. The number of hydrogen-bond donors (Lipinski definition) is 0. The van der Waals surface area contributed by atoms with Crippen molar-refractivity contribution >= 4 is 33.2 Å². The predicted octanol–water partition coefficient (Wildman–Crippen LogP) is 15.9. The molecule has 0 amide bonds. The zero-order valence-electron chi connectivity index (χ0n) is 53.4. The van der Waals surface area contributed by atoms with E-state index in [-0.39, 0.29) is 70.5 Å². The largest absolute Gasteiger partial charge is 0.457 e. The van der Waals surface area contributed by atoms with Gasteiger partial charge >= 0.3 is 0 Å². The number of hydrogen-bond acceptors (Lipinski definition) is 4. The van der Waals surface area contributed by atoms with Gasteiger partial charge in [0.15, 0.2) is 0 Å². The quantitative estimate of drug-likeness (QED) is 0.152. The number of nitrogens with zero attached hydrogens (tertiary/aromatic N) is 4. The second-order valence-corrected chi connectivity index (χ2v) is 19.3. The van der Waals surface area contributed by atoms with Crippen molar-refractivity contribution in [3.63, 3.8) is 0 Å². The fraction of sp³-hybridized carbons (Fsp3) is 0.172.